The van der Waals surface area contributed by atoms with E-state index in [1.54, 1.807) is 23.1 Å². The van der Waals surface area contributed by atoms with Crippen LogP contribution in [0.15, 0.2) is 53.4 Å². The Morgan fingerprint density at radius 2 is 1.79 bits per heavy atom. The monoisotopic (exact) mass is 449 g/mol. The zero-order chi connectivity index (χ0) is 19.9. The van der Waals surface area contributed by atoms with Gasteiger partial charge in [-0.25, -0.2) is 4.98 Å². The van der Waals surface area contributed by atoms with E-state index in [1.807, 2.05) is 41.3 Å². The number of anilines is 1. The average Bonchev–Trinajstić information content (AvgIpc) is 3.15. The van der Waals surface area contributed by atoms with Crippen LogP contribution >= 0.6 is 35.5 Å². The molecule has 0 N–H and O–H groups in total. The van der Waals surface area contributed by atoms with Gasteiger partial charge in [0.05, 0.1) is 10.2 Å². The summed E-state index contributed by atoms with van der Waals surface area (Å²) >= 11 is 3.33. The van der Waals surface area contributed by atoms with E-state index in [-0.39, 0.29) is 18.3 Å². The summed E-state index contributed by atoms with van der Waals surface area (Å²) in [6, 6.07) is 16.0. The summed E-state index contributed by atoms with van der Waals surface area (Å²) < 4.78 is 1.11. The molecule has 0 bridgehead atoms. The molecule has 29 heavy (non-hydrogen) atoms. The van der Waals surface area contributed by atoms with Crippen LogP contribution in [0.4, 0.5) is 5.13 Å². The molecule has 2 aromatic carbocycles. The Balaban J connectivity index is 0.00000300. The van der Waals surface area contributed by atoms with Crippen molar-refractivity contribution in [3.8, 4) is 0 Å². The molecule has 0 atom stereocenters. The number of likely N-dealkylation sites (N-methyl/N-ethyl adjacent to an activating group) is 1. The fraction of sp³-hybridized carbons (Fsp3) is 0.364. The van der Waals surface area contributed by atoms with E-state index in [4.69, 9.17) is 4.98 Å². The molecule has 1 amide bonds. The third-order valence-corrected chi connectivity index (χ3v) is 6.62. The Kier molecular flexibility index (Phi) is 9.43. The van der Waals surface area contributed by atoms with Crippen LogP contribution in [0, 0.1) is 0 Å². The summed E-state index contributed by atoms with van der Waals surface area (Å²) in [5.74, 6) is 1.01. The minimum Gasteiger partial charge on any atom is -0.302 e. The van der Waals surface area contributed by atoms with Crippen LogP contribution < -0.4 is 4.90 Å². The molecular formula is C22H28ClN3OS2. The van der Waals surface area contributed by atoms with Gasteiger partial charge in [0.15, 0.2) is 5.13 Å². The second-order valence-electron chi connectivity index (χ2n) is 6.41. The number of benzene rings is 2. The first kappa shape index (κ1) is 23.7. The van der Waals surface area contributed by atoms with Crippen molar-refractivity contribution in [1.82, 2.24) is 9.88 Å². The summed E-state index contributed by atoms with van der Waals surface area (Å²) in [4.78, 5) is 23.5. The molecule has 0 spiro atoms. The van der Waals surface area contributed by atoms with Crippen molar-refractivity contribution in [1.29, 1.82) is 0 Å². The quantitative estimate of drug-likeness (QED) is 0.386. The Morgan fingerprint density at radius 1 is 1.03 bits per heavy atom. The first-order valence-corrected chi connectivity index (χ1v) is 11.6. The number of nitrogens with zero attached hydrogens (tertiary/aromatic N) is 3. The second kappa shape index (κ2) is 11.6. The van der Waals surface area contributed by atoms with E-state index in [0.29, 0.717) is 6.54 Å². The van der Waals surface area contributed by atoms with Gasteiger partial charge in [-0.15, -0.1) is 24.2 Å². The topological polar surface area (TPSA) is 36.4 Å². The molecular weight excluding hydrogens is 422 g/mol. The molecule has 3 rings (SSSR count). The molecule has 0 aliphatic rings. The number of hydrogen-bond donors (Lipinski definition) is 0. The summed E-state index contributed by atoms with van der Waals surface area (Å²) in [5.41, 5.74) is 1.66. The largest absolute Gasteiger partial charge is 0.302 e. The van der Waals surface area contributed by atoms with Crippen LogP contribution in [0.2, 0.25) is 0 Å². The maximum absolute atomic E-state index is 13.4. The van der Waals surface area contributed by atoms with Crippen molar-refractivity contribution in [3.63, 3.8) is 0 Å². The summed E-state index contributed by atoms with van der Waals surface area (Å²) in [7, 11) is 0. The molecule has 0 aliphatic carbocycles. The lowest BCUT2D eigenvalue weighted by Gasteiger charge is -2.25. The number of aromatic nitrogens is 1. The van der Waals surface area contributed by atoms with Crippen molar-refractivity contribution in [2.45, 2.75) is 25.7 Å². The van der Waals surface area contributed by atoms with Crippen LogP contribution in [0.5, 0.6) is 0 Å². The molecule has 0 aliphatic heterocycles. The molecule has 1 heterocycles. The van der Waals surface area contributed by atoms with E-state index in [2.05, 4.69) is 37.8 Å². The maximum Gasteiger partial charge on any atom is 0.260 e. The van der Waals surface area contributed by atoms with E-state index < -0.39 is 0 Å². The van der Waals surface area contributed by atoms with Crippen molar-refractivity contribution in [2.24, 2.45) is 0 Å². The van der Waals surface area contributed by atoms with Gasteiger partial charge in [0.2, 0.25) is 0 Å². The lowest BCUT2D eigenvalue weighted by atomic mass is 10.2. The Labute approximate surface area is 187 Å². The second-order valence-corrected chi connectivity index (χ2v) is 8.76. The number of amides is 1. The zero-order valence-electron chi connectivity index (χ0n) is 17.1. The molecule has 0 radical (unpaired) electrons. The molecule has 0 saturated heterocycles. The van der Waals surface area contributed by atoms with E-state index in [0.717, 1.165) is 51.2 Å². The van der Waals surface area contributed by atoms with Gasteiger partial charge < -0.3 is 4.90 Å². The molecule has 156 valence electrons. The minimum atomic E-state index is 0. The van der Waals surface area contributed by atoms with Gasteiger partial charge in [0, 0.05) is 23.5 Å². The highest BCUT2D eigenvalue weighted by molar-refractivity contribution is 7.99. The number of thioether (sulfide) groups is 1. The number of hydrogen-bond acceptors (Lipinski definition) is 5. The zero-order valence-corrected chi connectivity index (χ0v) is 19.6. The molecule has 1 aromatic heterocycles. The summed E-state index contributed by atoms with van der Waals surface area (Å²) in [6.45, 7) is 9.83. The fourth-order valence-corrected chi connectivity index (χ4v) is 4.79. The number of halogens is 1. The van der Waals surface area contributed by atoms with Crippen molar-refractivity contribution in [3.05, 3.63) is 54.1 Å². The maximum atomic E-state index is 13.4. The van der Waals surface area contributed by atoms with E-state index >= 15 is 0 Å². The highest BCUT2D eigenvalue weighted by Crippen LogP contribution is 2.30. The van der Waals surface area contributed by atoms with Gasteiger partial charge in [-0.05, 0) is 49.2 Å². The van der Waals surface area contributed by atoms with Gasteiger partial charge in [-0.3, -0.25) is 9.69 Å². The molecule has 0 unspecified atom stereocenters. The number of thiazole rings is 1. The standard InChI is InChI=1S/C22H27N3OS2.ClH/c1-4-24(5-2)14-15-25(22-23-19-12-7-8-13-20(19)28-22)21(26)17-10-9-11-18(16-17)27-6-3;/h7-13,16H,4-6,14-15H2,1-3H3;1H. The van der Waals surface area contributed by atoms with Crippen LogP contribution in [-0.2, 0) is 0 Å². The van der Waals surface area contributed by atoms with Gasteiger partial charge in [-0.2, -0.15) is 0 Å². The van der Waals surface area contributed by atoms with Gasteiger partial charge >= 0.3 is 0 Å². The molecule has 0 fully saturated rings. The molecule has 7 heteroatoms. The van der Waals surface area contributed by atoms with Gasteiger partial charge in [-0.1, -0.05) is 50.3 Å². The van der Waals surface area contributed by atoms with Crippen molar-refractivity contribution >= 4 is 56.8 Å². The first-order chi connectivity index (χ1) is 13.7. The third kappa shape index (κ3) is 5.95. The number of carbonyl (C=O) groups excluding carboxylic acids is 1. The number of rotatable bonds is 9. The van der Waals surface area contributed by atoms with Crippen molar-refractivity contribution < 1.29 is 4.79 Å². The number of para-hydroxylation sites is 1. The number of carbonyl (C=O) groups is 1. The molecule has 3 aromatic rings. The smallest absolute Gasteiger partial charge is 0.260 e. The fourth-order valence-electron chi connectivity index (χ4n) is 3.08. The van der Waals surface area contributed by atoms with Gasteiger partial charge in [0.1, 0.15) is 0 Å². The first-order valence-electron chi connectivity index (χ1n) is 9.78. The minimum absolute atomic E-state index is 0. The van der Waals surface area contributed by atoms with Crippen LogP contribution in [0.25, 0.3) is 10.2 Å². The van der Waals surface area contributed by atoms with Crippen LogP contribution in [-0.4, -0.2) is 47.7 Å². The van der Waals surface area contributed by atoms with Crippen LogP contribution in [0.3, 0.4) is 0 Å². The normalized spacial score (nSPS) is 10.9. The third-order valence-electron chi connectivity index (χ3n) is 4.68. The van der Waals surface area contributed by atoms with E-state index in [9.17, 15) is 4.79 Å². The summed E-state index contributed by atoms with van der Waals surface area (Å²) in [6.07, 6.45) is 0. The Hall–Kier alpha value is -1.60. The molecule has 4 nitrogen and oxygen atoms in total. The SMILES string of the molecule is CCSc1cccc(C(=O)N(CCN(CC)CC)c2nc3ccccc3s2)c1.Cl. The lowest BCUT2D eigenvalue weighted by molar-refractivity contribution is 0.0983. The van der Waals surface area contributed by atoms with Crippen LogP contribution in [0.1, 0.15) is 31.1 Å². The Bertz CT molecular complexity index is 894. The predicted octanol–water partition coefficient (Wildman–Crippen LogP) is 5.82. The Morgan fingerprint density at radius 3 is 2.48 bits per heavy atom. The summed E-state index contributed by atoms with van der Waals surface area (Å²) in [5, 5.41) is 0.770. The predicted molar refractivity (Wildman–Crippen MR) is 129 cm³/mol. The highest BCUT2D eigenvalue weighted by atomic mass is 35.5. The number of fused-ring (bicyclic) bond motifs is 1. The van der Waals surface area contributed by atoms with E-state index in [1.165, 1.54) is 0 Å². The highest BCUT2D eigenvalue weighted by Gasteiger charge is 2.22. The lowest BCUT2D eigenvalue weighted by Crippen LogP contribution is -2.38. The van der Waals surface area contributed by atoms with Crippen molar-refractivity contribution in [2.75, 3.05) is 36.8 Å². The van der Waals surface area contributed by atoms with Gasteiger partial charge in [0.25, 0.3) is 5.91 Å². The average molecular weight is 450 g/mol. The molecule has 0 saturated carbocycles.